The van der Waals surface area contributed by atoms with E-state index in [1.54, 1.807) is 47.4 Å². The highest BCUT2D eigenvalue weighted by Gasteiger charge is 2.33. The number of benzene rings is 1. The predicted molar refractivity (Wildman–Crippen MR) is 138 cm³/mol. The van der Waals surface area contributed by atoms with E-state index >= 15 is 0 Å². The van der Waals surface area contributed by atoms with Gasteiger partial charge in [-0.1, -0.05) is 17.7 Å². The van der Waals surface area contributed by atoms with Crippen LogP contribution in [0.3, 0.4) is 0 Å². The molecule has 1 aliphatic heterocycles. The molecule has 2 unspecified atom stereocenters. The molecule has 1 fully saturated rings. The van der Waals surface area contributed by atoms with E-state index in [1.807, 2.05) is 30.9 Å². The number of rotatable bonds is 7. The van der Waals surface area contributed by atoms with Crippen LogP contribution in [0.4, 0.5) is 10.6 Å². The van der Waals surface area contributed by atoms with Crippen LogP contribution in [0, 0.1) is 6.92 Å². The number of anilines is 1. The number of carbonyl (C=O) groups is 2. The van der Waals surface area contributed by atoms with Gasteiger partial charge in [0.2, 0.25) is 11.9 Å². The van der Waals surface area contributed by atoms with Crippen LogP contribution in [0.25, 0.3) is 5.95 Å². The number of methoxy groups -OCH3 is 2. The molecular weight excluding hydrogens is 498 g/mol. The lowest BCUT2D eigenvalue weighted by atomic mass is 10.1. The van der Waals surface area contributed by atoms with Crippen molar-refractivity contribution in [2.75, 3.05) is 38.8 Å². The summed E-state index contributed by atoms with van der Waals surface area (Å²) in [6.07, 6.45) is 4.77. The molecular formula is C25H30ClN7O4. The van der Waals surface area contributed by atoms with Crippen molar-refractivity contribution in [3.05, 3.63) is 59.3 Å². The highest BCUT2D eigenvalue weighted by molar-refractivity contribution is 6.32. The van der Waals surface area contributed by atoms with Crippen molar-refractivity contribution < 1.29 is 19.1 Å². The zero-order valence-corrected chi connectivity index (χ0v) is 22.0. The summed E-state index contributed by atoms with van der Waals surface area (Å²) in [5, 5.41) is 3.51. The second-order valence-electron chi connectivity index (χ2n) is 8.79. The van der Waals surface area contributed by atoms with E-state index in [9.17, 15) is 9.59 Å². The van der Waals surface area contributed by atoms with E-state index in [-0.39, 0.29) is 24.4 Å². The van der Waals surface area contributed by atoms with Crippen molar-refractivity contribution >= 4 is 29.4 Å². The van der Waals surface area contributed by atoms with Gasteiger partial charge in [0, 0.05) is 50.2 Å². The smallest absolute Gasteiger partial charge is 0.409 e. The summed E-state index contributed by atoms with van der Waals surface area (Å²) in [6, 6.07) is 6.68. The van der Waals surface area contributed by atoms with Gasteiger partial charge >= 0.3 is 6.09 Å². The van der Waals surface area contributed by atoms with Crippen LogP contribution < -0.4 is 15.0 Å². The van der Waals surface area contributed by atoms with Crippen LogP contribution in [0.5, 0.6) is 5.75 Å². The molecule has 2 atom stereocenters. The highest BCUT2D eigenvalue weighted by atomic mass is 35.5. The summed E-state index contributed by atoms with van der Waals surface area (Å²) in [7, 11) is 2.90. The molecule has 0 bridgehead atoms. The Labute approximate surface area is 220 Å². The molecule has 196 valence electrons. The predicted octanol–water partition coefficient (Wildman–Crippen LogP) is 3.16. The zero-order chi connectivity index (χ0) is 26.5. The molecule has 0 saturated carbocycles. The lowest BCUT2D eigenvalue weighted by Crippen LogP contribution is -2.56. The zero-order valence-electron chi connectivity index (χ0n) is 21.2. The van der Waals surface area contributed by atoms with E-state index in [0.29, 0.717) is 42.2 Å². The quantitative estimate of drug-likeness (QED) is 0.498. The van der Waals surface area contributed by atoms with E-state index in [2.05, 4.69) is 15.3 Å². The van der Waals surface area contributed by atoms with Crippen LogP contribution in [0.1, 0.15) is 30.6 Å². The number of nitrogens with zero attached hydrogens (tertiary/aromatic N) is 6. The van der Waals surface area contributed by atoms with Gasteiger partial charge in [0.15, 0.2) is 0 Å². The Morgan fingerprint density at radius 1 is 1.22 bits per heavy atom. The summed E-state index contributed by atoms with van der Waals surface area (Å²) < 4.78 is 11.9. The van der Waals surface area contributed by atoms with Crippen molar-refractivity contribution in [3.8, 4) is 11.7 Å². The standard InChI is InChI=1S/C25H30ClN7O4/c1-16-11-22(30-24(28-16)32-8-7-27-15-32)33-10-9-31(25(35)37-4)14-19(33)13-23(34)29-17(2)18-5-6-21(36-3)20(26)12-18/h5-8,11-12,15,17,19H,9-10,13-14H2,1-4H3,(H,29,34). The maximum Gasteiger partial charge on any atom is 0.409 e. The second-order valence-corrected chi connectivity index (χ2v) is 9.20. The molecule has 0 spiro atoms. The number of halogens is 1. The molecule has 3 heterocycles. The number of aromatic nitrogens is 4. The third-order valence-electron chi connectivity index (χ3n) is 6.25. The maximum absolute atomic E-state index is 13.2. The van der Waals surface area contributed by atoms with Gasteiger partial charge < -0.3 is 24.6 Å². The Hall–Kier alpha value is -3.86. The van der Waals surface area contributed by atoms with Crippen molar-refractivity contribution in [2.45, 2.75) is 32.4 Å². The largest absolute Gasteiger partial charge is 0.495 e. The van der Waals surface area contributed by atoms with Crippen molar-refractivity contribution in [2.24, 2.45) is 0 Å². The van der Waals surface area contributed by atoms with Crippen LogP contribution in [0.15, 0.2) is 43.0 Å². The molecule has 1 aromatic carbocycles. The van der Waals surface area contributed by atoms with E-state index in [1.165, 1.54) is 7.11 Å². The Balaban J connectivity index is 1.54. The number of amides is 2. The van der Waals surface area contributed by atoms with Gasteiger partial charge in [-0.05, 0) is 31.5 Å². The summed E-state index contributed by atoms with van der Waals surface area (Å²) in [6.45, 7) is 5.01. The van der Waals surface area contributed by atoms with E-state index < -0.39 is 6.09 Å². The first-order chi connectivity index (χ1) is 17.8. The Kier molecular flexibility index (Phi) is 8.12. The molecule has 1 aliphatic rings. The molecule has 3 aromatic rings. The lowest BCUT2D eigenvalue weighted by molar-refractivity contribution is -0.122. The number of hydrogen-bond donors (Lipinski definition) is 1. The summed E-state index contributed by atoms with van der Waals surface area (Å²) >= 11 is 6.26. The van der Waals surface area contributed by atoms with Gasteiger partial charge in [0.25, 0.3) is 0 Å². The minimum absolute atomic E-state index is 0.144. The first-order valence-corrected chi connectivity index (χ1v) is 12.2. The summed E-state index contributed by atoms with van der Waals surface area (Å²) in [5.74, 6) is 1.56. The number of aryl methyl sites for hydroxylation is 1. The van der Waals surface area contributed by atoms with Gasteiger partial charge in [-0.3, -0.25) is 9.36 Å². The molecule has 12 heteroatoms. The molecule has 4 rings (SSSR count). The number of piperazine rings is 1. The minimum atomic E-state index is -0.427. The Bertz CT molecular complexity index is 1250. The van der Waals surface area contributed by atoms with Gasteiger partial charge in [0.05, 0.1) is 31.3 Å². The number of nitrogens with one attached hydrogen (secondary N) is 1. The van der Waals surface area contributed by atoms with E-state index in [0.717, 1.165) is 11.3 Å². The molecule has 11 nitrogen and oxygen atoms in total. The number of imidazole rings is 1. The van der Waals surface area contributed by atoms with Gasteiger partial charge in [-0.25, -0.2) is 14.8 Å². The fraction of sp³-hybridized carbons (Fsp3) is 0.400. The first kappa shape index (κ1) is 26.2. The van der Waals surface area contributed by atoms with E-state index in [4.69, 9.17) is 26.1 Å². The minimum Gasteiger partial charge on any atom is -0.495 e. The third kappa shape index (κ3) is 6.11. The van der Waals surface area contributed by atoms with Crippen LogP contribution >= 0.6 is 11.6 Å². The Morgan fingerprint density at radius 2 is 2.03 bits per heavy atom. The van der Waals surface area contributed by atoms with Crippen LogP contribution in [-0.2, 0) is 9.53 Å². The van der Waals surface area contributed by atoms with Crippen molar-refractivity contribution in [1.82, 2.24) is 29.7 Å². The topological polar surface area (TPSA) is 115 Å². The van der Waals surface area contributed by atoms with Crippen molar-refractivity contribution in [1.29, 1.82) is 0 Å². The Morgan fingerprint density at radius 3 is 2.70 bits per heavy atom. The van der Waals surface area contributed by atoms with Gasteiger partial charge in [-0.15, -0.1) is 0 Å². The highest BCUT2D eigenvalue weighted by Crippen LogP contribution is 2.28. The molecule has 0 radical (unpaired) electrons. The number of carbonyl (C=O) groups excluding carboxylic acids is 2. The van der Waals surface area contributed by atoms with Gasteiger partial charge in [0.1, 0.15) is 17.9 Å². The fourth-order valence-electron chi connectivity index (χ4n) is 4.35. The molecule has 1 N–H and O–H groups in total. The molecule has 2 aromatic heterocycles. The SMILES string of the molecule is COC(=O)N1CCN(c2cc(C)nc(-n3ccnc3)n2)C(CC(=O)NC(C)c2ccc(OC)c(Cl)c2)C1. The monoisotopic (exact) mass is 527 g/mol. The molecule has 0 aliphatic carbocycles. The number of ether oxygens (including phenoxy) is 2. The lowest BCUT2D eigenvalue weighted by Gasteiger charge is -2.41. The molecule has 1 saturated heterocycles. The second kappa shape index (κ2) is 11.5. The molecule has 2 amide bonds. The van der Waals surface area contributed by atoms with Gasteiger partial charge in [-0.2, -0.15) is 4.98 Å². The first-order valence-electron chi connectivity index (χ1n) is 11.9. The van der Waals surface area contributed by atoms with Crippen LogP contribution in [0.2, 0.25) is 5.02 Å². The normalized spacial score (nSPS) is 16.3. The third-order valence-corrected chi connectivity index (χ3v) is 6.54. The molecule has 37 heavy (non-hydrogen) atoms. The van der Waals surface area contributed by atoms with Crippen molar-refractivity contribution in [3.63, 3.8) is 0 Å². The summed E-state index contributed by atoms with van der Waals surface area (Å²) in [4.78, 5) is 42.4. The fourth-order valence-corrected chi connectivity index (χ4v) is 4.62. The summed E-state index contributed by atoms with van der Waals surface area (Å²) in [5.41, 5.74) is 1.63. The average Bonchev–Trinajstić information content (AvgIpc) is 3.43. The maximum atomic E-state index is 13.2. The average molecular weight is 528 g/mol. The van der Waals surface area contributed by atoms with Crippen LogP contribution in [-0.4, -0.2) is 76.3 Å². The number of hydrogen-bond acceptors (Lipinski definition) is 8.